The van der Waals surface area contributed by atoms with Crippen LogP contribution in [0, 0.1) is 29.4 Å². The molecular weight excluding hydrogens is 504 g/mol. The first kappa shape index (κ1) is 23.9. The zero-order valence-corrected chi connectivity index (χ0v) is 20.5. The topological polar surface area (TPSA) is 151 Å². The van der Waals surface area contributed by atoms with Gasteiger partial charge in [0.25, 0.3) is 11.6 Å². The fourth-order valence-corrected chi connectivity index (χ4v) is 5.84. The molecule has 0 atom stereocenters. The summed E-state index contributed by atoms with van der Waals surface area (Å²) in [5, 5.41) is 24.8. The zero-order chi connectivity index (χ0) is 24.9. The number of hydrogen-bond donors (Lipinski definition) is 1. The van der Waals surface area contributed by atoms with Crippen molar-refractivity contribution in [3.8, 4) is 5.69 Å². The van der Waals surface area contributed by atoms with Gasteiger partial charge in [0.2, 0.25) is 19.4 Å². The van der Waals surface area contributed by atoms with Gasteiger partial charge >= 0.3 is 0 Å². The maximum absolute atomic E-state index is 12.7. The highest BCUT2D eigenvalue weighted by molar-refractivity contribution is 8.42. The Bertz CT molecular complexity index is 1490. The number of rotatable bonds is 4. The average molecular weight is 521 g/mol. The molecule has 3 heterocycles. The average Bonchev–Trinajstić information content (AvgIpc) is 3.33. The lowest BCUT2D eigenvalue weighted by Gasteiger charge is -2.20. The van der Waals surface area contributed by atoms with Gasteiger partial charge in [0.1, 0.15) is 5.02 Å². The fourth-order valence-electron chi connectivity index (χ4n) is 3.49. The molecule has 2 aromatic rings. The van der Waals surface area contributed by atoms with Crippen molar-refractivity contribution in [1.29, 1.82) is 5.41 Å². The summed E-state index contributed by atoms with van der Waals surface area (Å²) in [6.45, 7) is 5.04. The first-order valence-electron chi connectivity index (χ1n) is 9.80. The van der Waals surface area contributed by atoms with Crippen LogP contribution in [0.4, 0.5) is 5.69 Å². The van der Waals surface area contributed by atoms with Crippen molar-refractivity contribution in [3.63, 3.8) is 0 Å². The number of hydrazone groups is 1. The van der Waals surface area contributed by atoms with Crippen LogP contribution in [0.3, 0.4) is 0 Å². The molecule has 0 radical (unpaired) electrons. The molecule has 0 bridgehead atoms. The Hall–Kier alpha value is -3.29. The van der Waals surface area contributed by atoms with E-state index in [0.29, 0.717) is 16.9 Å². The molecule has 2 aliphatic heterocycles. The highest BCUT2D eigenvalue weighted by atomic mass is 35.5. The largest absolute Gasteiger partial charge is 0.318 e. The minimum atomic E-state index is -3.62. The van der Waals surface area contributed by atoms with Gasteiger partial charge in [0, 0.05) is 17.5 Å². The smallest absolute Gasteiger partial charge is 0.289 e. The molecule has 176 valence electrons. The summed E-state index contributed by atoms with van der Waals surface area (Å²) in [5.41, 5.74) is 2.18. The number of aromatic nitrogens is 1. The van der Waals surface area contributed by atoms with Crippen LogP contribution < -0.4 is 0 Å². The molecule has 0 saturated heterocycles. The number of hydrogen-bond acceptors (Lipinski definition) is 8. The number of amidine groups is 2. The minimum Gasteiger partial charge on any atom is -0.318 e. The van der Waals surface area contributed by atoms with E-state index in [1.54, 1.807) is 30.5 Å². The zero-order valence-electron chi connectivity index (χ0n) is 18.1. The molecule has 0 aliphatic carbocycles. The summed E-state index contributed by atoms with van der Waals surface area (Å²) in [6, 6.07) is 6.20. The number of halogens is 1. The second-order valence-electron chi connectivity index (χ2n) is 7.34. The normalized spacial score (nSPS) is 17.2. The van der Waals surface area contributed by atoms with Crippen molar-refractivity contribution in [2.24, 2.45) is 10.1 Å². The number of nitrogens with one attached hydrogen (secondary N) is 1. The van der Waals surface area contributed by atoms with Crippen molar-refractivity contribution >= 4 is 66.2 Å². The lowest BCUT2D eigenvalue weighted by Crippen LogP contribution is -2.35. The third kappa shape index (κ3) is 3.95. The number of nitrogens with zero attached hydrogens (tertiary/aromatic N) is 5. The van der Waals surface area contributed by atoms with E-state index in [1.165, 1.54) is 25.1 Å². The predicted octanol–water partition coefficient (Wildman–Crippen LogP) is 3.67. The number of carbonyl (C=O) groups excluding carboxylic acids is 1. The Morgan fingerprint density at radius 3 is 2.65 bits per heavy atom. The van der Waals surface area contributed by atoms with E-state index >= 15 is 0 Å². The quantitative estimate of drug-likeness (QED) is 0.367. The number of nitro benzene ring substituents is 1. The van der Waals surface area contributed by atoms with Crippen LogP contribution in [-0.2, 0) is 14.6 Å². The third-order valence-corrected chi connectivity index (χ3v) is 8.65. The van der Waals surface area contributed by atoms with Gasteiger partial charge < -0.3 is 4.57 Å². The standard InChI is InChI=1S/C20H17ClN6O5S2/c1-4-34(31,32)20-24-26-17(22)14(18(28)23-19(26)33-20)8-12-7-10(2)25(11(12)3)13-5-6-15(21)16(9-13)27(29)30/h5-9,22H,4H2,1-3H3/b14-8+,22-17?. The van der Waals surface area contributed by atoms with Crippen LogP contribution in [-0.4, -0.2) is 50.0 Å². The molecular formula is C20H17ClN6O5S2. The fraction of sp³-hybridized carbons (Fsp3) is 0.200. The Morgan fingerprint density at radius 1 is 1.29 bits per heavy atom. The minimum absolute atomic E-state index is 0.0121. The number of fused-ring (bicyclic) bond motifs is 1. The Kier molecular flexibility index (Phi) is 5.96. The van der Waals surface area contributed by atoms with Gasteiger partial charge in [0.05, 0.1) is 21.9 Å². The third-order valence-electron chi connectivity index (χ3n) is 5.24. The van der Waals surface area contributed by atoms with E-state index in [1.807, 2.05) is 0 Å². The molecule has 0 fully saturated rings. The number of thioether (sulfide) groups is 1. The van der Waals surface area contributed by atoms with Crippen molar-refractivity contribution in [1.82, 2.24) is 9.58 Å². The Morgan fingerprint density at radius 2 is 2.00 bits per heavy atom. The second kappa shape index (κ2) is 8.49. The molecule has 2 aliphatic rings. The highest BCUT2D eigenvalue weighted by Gasteiger charge is 2.39. The lowest BCUT2D eigenvalue weighted by atomic mass is 10.1. The first-order valence-corrected chi connectivity index (χ1v) is 12.7. The summed E-state index contributed by atoms with van der Waals surface area (Å²) in [4.78, 5) is 27.3. The maximum Gasteiger partial charge on any atom is 0.289 e. The summed E-state index contributed by atoms with van der Waals surface area (Å²) < 4.78 is 25.9. The molecule has 1 aromatic carbocycles. The molecule has 4 rings (SSSR count). The van der Waals surface area contributed by atoms with E-state index in [9.17, 15) is 23.3 Å². The molecule has 1 amide bonds. The number of sulfone groups is 1. The summed E-state index contributed by atoms with van der Waals surface area (Å²) >= 11 is 6.66. The number of aryl methyl sites for hydroxylation is 1. The first-order chi connectivity index (χ1) is 15.9. The summed E-state index contributed by atoms with van der Waals surface area (Å²) in [7, 11) is -3.62. The van der Waals surface area contributed by atoms with Crippen LogP contribution in [0.15, 0.2) is 39.9 Å². The van der Waals surface area contributed by atoms with E-state index in [-0.39, 0.29) is 37.4 Å². The van der Waals surface area contributed by atoms with Crippen LogP contribution in [0.2, 0.25) is 5.02 Å². The monoisotopic (exact) mass is 520 g/mol. The molecule has 34 heavy (non-hydrogen) atoms. The Balaban J connectivity index is 1.76. The van der Waals surface area contributed by atoms with Gasteiger partial charge in [0.15, 0.2) is 5.84 Å². The van der Waals surface area contributed by atoms with Gasteiger partial charge in [-0.15, -0.1) is 5.10 Å². The summed E-state index contributed by atoms with van der Waals surface area (Å²) in [5.74, 6) is -1.16. The van der Waals surface area contributed by atoms with Crippen molar-refractivity contribution < 1.29 is 18.1 Å². The maximum atomic E-state index is 12.7. The molecule has 0 spiro atoms. The van der Waals surface area contributed by atoms with Gasteiger partial charge in [-0.05, 0) is 55.4 Å². The van der Waals surface area contributed by atoms with Gasteiger partial charge in [-0.1, -0.05) is 18.5 Å². The lowest BCUT2D eigenvalue weighted by molar-refractivity contribution is -0.384. The van der Waals surface area contributed by atoms with Crippen LogP contribution >= 0.6 is 23.4 Å². The van der Waals surface area contributed by atoms with Crippen molar-refractivity contribution in [2.45, 2.75) is 20.8 Å². The molecule has 14 heteroatoms. The van der Waals surface area contributed by atoms with E-state index in [0.717, 1.165) is 22.5 Å². The van der Waals surface area contributed by atoms with Crippen LogP contribution in [0.1, 0.15) is 23.9 Å². The molecule has 0 saturated carbocycles. The number of amides is 1. The molecule has 1 N–H and O–H groups in total. The van der Waals surface area contributed by atoms with E-state index in [4.69, 9.17) is 17.0 Å². The Labute approximate surface area is 203 Å². The molecule has 0 unspecified atom stereocenters. The second-order valence-corrected chi connectivity index (χ2v) is 11.2. The number of nitro groups is 1. The number of carbonyl (C=O) groups is 1. The number of aliphatic imine (C=N–C) groups is 1. The van der Waals surface area contributed by atoms with Crippen molar-refractivity contribution in [2.75, 3.05) is 5.75 Å². The SMILES string of the molecule is CCS(=O)(=O)C1=NN2C(=N)/C(=C\c3cc(C)n(-c4ccc(Cl)c([N+](=O)[O-])c4)c3C)C(=O)N=C2S1. The van der Waals surface area contributed by atoms with E-state index in [2.05, 4.69) is 10.1 Å². The number of benzene rings is 1. The predicted molar refractivity (Wildman–Crippen MR) is 131 cm³/mol. The van der Waals surface area contributed by atoms with Crippen LogP contribution in [0.5, 0.6) is 0 Å². The van der Waals surface area contributed by atoms with Gasteiger partial charge in [-0.25, -0.2) is 8.42 Å². The molecule has 11 nitrogen and oxygen atoms in total. The summed E-state index contributed by atoms with van der Waals surface area (Å²) in [6.07, 6.45) is 1.47. The van der Waals surface area contributed by atoms with E-state index < -0.39 is 20.7 Å². The molecule has 1 aromatic heterocycles. The van der Waals surface area contributed by atoms with Gasteiger partial charge in [-0.2, -0.15) is 10.0 Å². The van der Waals surface area contributed by atoms with Crippen molar-refractivity contribution in [3.05, 3.63) is 61.9 Å². The van der Waals surface area contributed by atoms with Gasteiger partial charge in [-0.3, -0.25) is 20.3 Å². The highest BCUT2D eigenvalue weighted by Crippen LogP contribution is 2.32. The van der Waals surface area contributed by atoms with Crippen LogP contribution in [0.25, 0.3) is 11.8 Å².